The molecule has 2 rings (SSSR count). The fraction of sp³-hybridized carbons (Fsp3) is 0.455. The molecule has 0 atom stereocenters. The molecule has 0 fully saturated rings. The number of alkyl halides is 21. The lowest BCUT2D eigenvalue weighted by Crippen LogP contribution is -2.76. The maximum Gasteiger partial charge on any atom is 0.460 e. The standard InChI is InChI=1S/C22H10F21P/c23-13(24,15(27,28)17(31,32)19(35,36)21(39,40)41)14(25,26)16(29,30)18(33,34)20(37,38)22(42,43)44(11-7-3-1-4-8-11)12-9-5-2-6-10-12/h1-10H. The molecule has 0 aliphatic rings. The van der Waals surface area contributed by atoms with Crippen LogP contribution >= 0.6 is 7.92 Å². The maximum atomic E-state index is 15.2. The van der Waals surface area contributed by atoms with Crippen molar-refractivity contribution in [2.75, 3.05) is 0 Å². The predicted molar refractivity (Wildman–Crippen MR) is 110 cm³/mol. The Bertz CT molecular complexity index is 1240. The van der Waals surface area contributed by atoms with Crippen LogP contribution in [-0.2, 0) is 0 Å². The zero-order valence-electron chi connectivity index (χ0n) is 20.2. The molecular formula is C22H10F21P. The van der Waals surface area contributed by atoms with Crippen LogP contribution in [0.2, 0.25) is 0 Å². The van der Waals surface area contributed by atoms with Crippen LogP contribution in [0.25, 0.3) is 0 Å². The highest BCUT2D eigenvalue weighted by atomic mass is 31.1. The fourth-order valence-electron chi connectivity index (χ4n) is 3.32. The van der Waals surface area contributed by atoms with Gasteiger partial charge < -0.3 is 0 Å². The topological polar surface area (TPSA) is 0 Å². The first-order chi connectivity index (χ1) is 19.3. The molecule has 0 heterocycles. The van der Waals surface area contributed by atoms with E-state index in [1.165, 1.54) is 0 Å². The van der Waals surface area contributed by atoms with Gasteiger partial charge in [-0.3, -0.25) is 0 Å². The van der Waals surface area contributed by atoms with Gasteiger partial charge in [0.1, 0.15) is 0 Å². The van der Waals surface area contributed by atoms with Crippen molar-refractivity contribution in [2.24, 2.45) is 0 Å². The minimum atomic E-state index is -9.19. The van der Waals surface area contributed by atoms with E-state index in [0.29, 0.717) is 24.3 Å². The largest absolute Gasteiger partial charge is 0.460 e. The molecule has 0 amide bonds. The van der Waals surface area contributed by atoms with Crippen molar-refractivity contribution >= 4 is 18.5 Å². The van der Waals surface area contributed by atoms with E-state index in [-0.39, 0.29) is 0 Å². The third-order valence-corrected chi connectivity index (χ3v) is 8.28. The number of rotatable bonds is 11. The van der Waals surface area contributed by atoms with Crippen LogP contribution in [0.1, 0.15) is 0 Å². The van der Waals surface area contributed by atoms with Crippen LogP contribution in [0.4, 0.5) is 92.2 Å². The summed E-state index contributed by atoms with van der Waals surface area (Å²) in [4.78, 5) is 0. The number of halogens is 21. The summed E-state index contributed by atoms with van der Waals surface area (Å²) in [6.07, 6.45) is -8.01. The van der Waals surface area contributed by atoms with E-state index in [0.717, 1.165) is 36.4 Å². The van der Waals surface area contributed by atoms with Crippen molar-refractivity contribution in [3.05, 3.63) is 60.7 Å². The van der Waals surface area contributed by atoms with Crippen LogP contribution in [0.3, 0.4) is 0 Å². The molecule has 0 bridgehead atoms. The first-order valence-corrected chi connectivity index (χ1v) is 12.1. The minimum absolute atomic E-state index is 0.505. The monoisotopic (exact) mass is 704 g/mol. The molecule has 0 aliphatic heterocycles. The number of hydrogen-bond donors (Lipinski definition) is 0. The summed E-state index contributed by atoms with van der Waals surface area (Å²) >= 11 is 0. The van der Waals surface area contributed by atoms with E-state index < -0.39 is 77.8 Å². The van der Waals surface area contributed by atoms with Crippen LogP contribution in [-0.4, -0.2) is 59.2 Å². The Labute approximate surface area is 231 Å². The van der Waals surface area contributed by atoms with Gasteiger partial charge in [-0.2, -0.15) is 92.2 Å². The summed E-state index contributed by atoms with van der Waals surface area (Å²) in [6.45, 7) is 0. The minimum Gasteiger partial charge on any atom is -0.194 e. The van der Waals surface area contributed by atoms with Crippen molar-refractivity contribution in [2.45, 2.75) is 59.2 Å². The molecule has 0 radical (unpaired) electrons. The van der Waals surface area contributed by atoms with Crippen LogP contribution in [0, 0.1) is 0 Å². The molecule has 250 valence electrons. The Hall–Kier alpha value is -2.60. The highest BCUT2D eigenvalue weighted by Crippen LogP contribution is 2.69. The molecule has 0 nitrogen and oxygen atoms in total. The molecule has 0 unspecified atom stereocenters. The van der Waals surface area contributed by atoms with Gasteiger partial charge in [-0.25, -0.2) is 0 Å². The smallest absolute Gasteiger partial charge is 0.194 e. The van der Waals surface area contributed by atoms with Gasteiger partial charge in [0.2, 0.25) is 0 Å². The second kappa shape index (κ2) is 10.7. The first kappa shape index (κ1) is 37.6. The quantitative estimate of drug-likeness (QED) is 0.162. The van der Waals surface area contributed by atoms with Crippen molar-refractivity contribution in [3.8, 4) is 0 Å². The zero-order valence-corrected chi connectivity index (χ0v) is 21.1. The molecule has 2 aromatic rings. The summed E-state index contributed by atoms with van der Waals surface area (Å²) in [5.74, 6) is -70.5. The Morgan fingerprint density at radius 2 is 0.523 bits per heavy atom. The van der Waals surface area contributed by atoms with E-state index in [2.05, 4.69) is 0 Å². The lowest BCUT2D eigenvalue weighted by molar-refractivity contribution is -0.472. The first-order valence-electron chi connectivity index (χ1n) is 10.7. The van der Waals surface area contributed by atoms with Crippen LogP contribution < -0.4 is 10.6 Å². The zero-order chi connectivity index (χ0) is 34.8. The van der Waals surface area contributed by atoms with Gasteiger partial charge in [0.15, 0.2) is 0 Å². The highest BCUT2D eigenvalue weighted by Gasteiger charge is 2.98. The third-order valence-electron chi connectivity index (χ3n) is 5.80. The second-order valence-electron chi connectivity index (χ2n) is 8.64. The summed E-state index contributed by atoms with van der Waals surface area (Å²) in [5.41, 5.74) is -6.74. The number of benzene rings is 2. The Morgan fingerprint density at radius 1 is 0.295 bits per heavy atom. The highest BCUT2D eigenvalue weighted by molar-refractivity contribution is 7.74. The molecule has 22 heteroatoms. The van der Waals surface area contributed by atoms with Gasteiger partial charge in [-0.05, 0) is 10.6 Å². The average Bonchev–Trinajstić information content (AvgIpc) is 2.88. The molecule has 0 saturated heterocycles. The number of hydrogen-bond acceptors (Lipinski definition) is 0. The predicted octanol–water partition coefficient (Wildman–Crippen LogP) is 9.36. The molecule has 2 aromatic carbocycles. The molecule has 44 heavy (non-hydrogen) atoms. The Morgan fingerprint density at radius 3 is 0.773 bits per heavy atom. The molecule has 0 saturated carbocycles. The SMILES string of the molecule is FC(F)(F)C(F)(F)C(F)(F)C(F)(F)C(F)(F)C(F)(F)C(F)(F)C(F)(F)C(F)(F)C(F)(F)P(c1ccccc1)c1ccccc1. The average molecular weight is 704 g/mol. The third kappa shape index (κ3) is 4.94. The van der Waals surface area contributed by atoms with Gasteiger partial charge in [-0.15, -0.1) is 0 Å². The molecule has 0 aromatic heterocycles. The summed E-state index contributed by atoms with van der Waals surface area (Å²) < 4.78 is 290. The van der Waals surface area contributed by atoms with Crippen molar-refractivity contribution in [1.29, 1.82) is 0 Å². The normalized spacial score (nSPS) is 15.6. The van der Waals surface area contributed by atoms with E-state index in [1.807, 2.05) is 0 Å². The lowest BCUT2D eigenvalue weighted by Gasteiger charge is -2.45. The summed E-state index contributed by atoms with van der Waals surface area (Å²) in [6, 6.07) is 7.23. The van der Waals surface area contributed by atoms with Crippen molar-refractivity contribution < 1.29 is 92.2 Å². The molecular weight excluding hydrogens is 694 g/mol. The van der Waals surface area contributed by atoms with Crippen molar-refractivity contribution in [1.82, 2.24) is 0 Å². The van der Waals surface area contributed by atoms with Crippen molar-refractivity contribution in [3.63, 3.8) is 0 Å². The van der Waals surface area contributed by atoms with Gasteiger partial charge in [0.05, 0.1) is 0 Å². The lowest BCUT2D eigenvalue weighted by atomic mass is 9.87. The van der Waals surface area contributed by atoms with Gasteiger partial charge in [0.25, 0.3) is 0 Å². The van der Waals surface area contributed by atoms with E-state index in [4.69, 9.17) is 0 Å². The van der Waals surface area contributed by atoms with E-state index >= 15 is 8.78 Å². The van der Waals surface area contributed by atoms with Gasteiger partial charge in [0, 0.05) is 7.92 Å². The molecule has 0 spiro atoms. The Kier molecular flexibility index (Phi) is 9.18. The fourth-order valence-corrected chi connectivity index (χ4v) is 5.63. The van der Waals surface area contributed by atoms with Gasteiger partial charge in [-0.1, -0.05) is 60.7 Å². The van der Waals surface area contributed by atoms with Crippen LogP contribution in [0.5, 0.6) is 0 Å². The maximum absolute atomic E-state index is 15.2. The Balaban J connectivity index is 2.79. The van der Waals surface area contributed by atoms with Crippen LogP contribution in [0.15, 0.2) is 60.7 Å². The van der Waals surface area contributed by atoms with E-state index in [1.54, 1.807) is 0 Å². The molecule has 0 N–H and O–H groups in total. The van der Waals surface area contributed by atoms with Gasteiger partial charge >= 0.3 is 59.2 Å². The summed E-state index contributed by atoms with van der Waals surface area (Å²) in [5, 5.41) is -2.18. The van der Waals surface area contributed by atoms with E-state index in [9.17, 15) is 83.4 Å². The second-order valence-corrected chi connectivity index (χ2v) is 10.9. The summed E-state index contributed by atoms with van der Waals surface area (Å²) in [7, 11) is -4.45. The molecule has 0 aliphatic carbocycles.